The van der Waals surface area contributed by atoms with Crippen molar-refractivity contribution in [2.45, 2.75) is 12.7 Å². The van der Waals surface area contributed by atoms with Crippen LogP contribution in [0, 0.1) is 0 Å². The average Bonchev–Trinajstić information content (AvgIpc) is 2.82. The molecular weight excluding hydrogens is 351 g/mol. The number of hydrogen-bond donors (Lipinski definition) is 2. The molecule has 0 saturated carbocycles. The van der Waals surface area contributed by atoms with E-state index >= 15 is 0 Å². The largest absolute Gasteiger partial charge is 0.416 e. The van der Waals surface area contributed by atoms with Gasteiger partial charge in [0, 0.05) is 5.69 Å². The zero-order chi connectivity index (χ0) is 18.0. The summed E-state index contributed by atoms with van der Waals surface area (Å²) in [6.07, 6.45) is -2.50. The van der Waals surface area contributed by atoms with E-state index in [9.17, 15) is 26.4 Å². The average molecular weight is 363 g/mol. The maximum atomic E-state index is 12.6. The lowest BCUT2D eigenvalue weighted by atomic mass is 10.2. The summed E-state index contributed by atoms with van der Waals surface area (Å²) in [5.41, 5.74) is -0.923. The summed E-state index contributed by atoms with van der Waals surface area (Å²) in [7, 11) is -3.53. The van der Waals surface area contributed by atoms with Gasteiger partial charge in [-0.25, -0.2) is 8.42 Å². The van der Waals surface area contributed by atoms with Gasteiger partial charge in [-0.3, -0.25) is 9.52 Å². The summed E-state index contributed by atoms with van der Waals surface area (Å²) in [5.74, 6) is -0.750. The Labute approximate surface area is 134 Å². The molecule has 1 amide bonds. The fraction of sp³-hybridized carbons (Fsp3) is 0.250. The summed E-state index contributed by atoms with van der Waals surface area (Å²) >= 11 is 0. The molecule has 2 aromatic rings. The Bertz CT molecular complexity index is 848. The Morgan fingerprint density at radius 1 is 1.33 bits per heavy atom. The van der Waals surface area contributed by atoms with Crippen LogP contribution in [-0.4, -0.2) is 35.6 Å². The van der Waals surface area contributed by atoms with Crippen molar-refractivity contribution in [3.63, 3.8) is 0 Å². The highest BCUT2D eigenvalue weighted by Crippen LogP contribution is 2.30. The summed E-state index contributed by atoms with van der Waals surface area (Å²) in [6.45, 7) is -0.401. The highest BCUT2D eigenvalue weighted by Gasteiger charge is 2.30. The third-order valence-corrected chi connectivity index (χ3v) is 3.17. The van der Waals surface area contributed by atoms with Gasteiger partial charge < -0.3 is 5.32 Å². The highest BCUT2D eigenvalue weighted by molar-refractivity contribution is 7.92. The minimum Gasteiger partial charge on any atom is -0.324 e. The number of sulfonamides is 1. The maximum Gasteiger partial charge on any atom is 0.416 e. The van der Waals surface area contributed by atoms with Crippen LogP contribution in [-0.2, 0) is 27.5 Å². The van der Waals surface area contributed by atoms with E-state index in [1.165, 1.54) is 12.1 Å². The van der Waals surface area contributed by atoms with Crippen LogP contribution < -0.4 is 10.0 Å². The molecule has 0 aliphatic rings. The van der Waals surface area contributed by atoms with Gasteiger partial charge in [0.05, 0.1) is 18.0 Å². The van der Waals surface area contributed by atoms with Gasteiger partial charge in [0.15, 0.2) is 5.82 Å². The van der Waals surface area contributed by atoms with Gasteiger partial charge in [-0.2, -0.15) is 23.1 Å². The van der Waals surface area contributed by atoms with Gasteiger partial charge in [-0.05, 0) is 18.2 Å². The van der Waals surface area contributed by atoms with Crippen molar-refractivity contribution in [2.24, 2.45) is 0 Å². The van der Waals surface area contributed by atoms with E-state index < -0.39 is 34.2 Å². The zero-order valence-electron chi connectivity index (χ0n) is 12.2. The van der Waals surface area contributed by atoms with Gasteiger partial charge in [-0.15, -0.1) is 5.10 Å². The number of halogens is 3. The standard InChI is InChI=1S/C12H12F3N5O3S/c1-24(22,23)19-10-6-16-20(18-10)7-11(21)17-9-4-2-3-8(5-9)12(13,14)15/h2-6H,7H2,1H3,(H,17,21)(H,18,19). The number of nitrogens with one attached hydrogen (secondary N) is 2. The third-order valence-electron chi connectivity index (χ3n) is 2.59. The Balaban J connectivity index is 2.01. The molecule has 130 valence electrons. The monoisotopic (exact) mass is 363 g/mol. The maximum absolute atomic E-state index is 12.6. The molecule has 1 aromatic heterocycles. The predicted octanol–water partition coefficient (Wildman–Crippen LogP) is 1.31. The SMILES string of the molecule is CS(=O)(=O)Nc1cnn(CC(=O)Nc2cccc(C(F)(F)F)c2)n1. The van der Waals surface area contributed by atoms with Crippen molar-refractivity contribution >= 4 is 27.4 Å². The molecule has 1 aromatic carbocycles. The first-order valence-electron chi connectivity index (χ1n) is 6.38. The second-order valence-electron chi connectivity index (χ2n) is 4.76. The number of benzene rings is 1. The third kappa shape index (κ3) is 5.22. The molecule has 2 N–H and O–H groups in total. The van der Waals surface area contributed by atoms with Crippen LogP contribution in [0.2, 0.25) is 0 Å². The van der Waals surface area contributed by atoms with Crippen molar-refractivity contribution < 1.29 is 26.4 Å². The summed E-state index contributed by atoms with van der Waals surface area (Å²) in [6, 6.07) is 4.15. The first-order chi connectivity index (χ1) is 11.0. The summed E-state index contributed by atoms with van der Waals surface area (Å²) < 4.78 is 61.9. The van der Waals surface area contributed by atoms with Crippen LogP contribution in [0.3, 0.4) is 0 Å². The lowest BCUT2D eigenvalue weighted by Gasteiger charge is -2.09. The minimum atomic E-state index is -4.52. The van der Waals surface area contributed by atoms with E-state index in [0.29, 0.717) is 0 Å². The summed E-state index contributed by atoms with van der Waals surface area (Å²) in [5, 5.41) is 9.67. The molecule has 0 aliphatic carbocycles. The molecule has 0 bridgehead atoms. The zero-order valence-corrected chi connectivity index (χ0v) is 13.0. The van der Waals surface area contributed by atoms with E-state index in [-0.39, 0.29) is 11.5 Å². The molecule has 12 heteroatoms. The Morgan fingerprint density at radius 3 is 2.67 bits per heavy atom. The van der Waals surface area contributed by atoms with Gasteiger partial charge in [0.1, 0.15) is 6.54 Å². The Kier molecular flexibility index (Phi) is 4.78. The molecule has 0 atom stereocenters. The van der Waals surface area contributed by atoms with E-state index in [1.807, 2.05) is 0 Å². The molecule has 24 heavy (non-hydrogen) atoms. The van der Waals surface area contributed by atoms with Crippen molar-refractivity contribution in [1.29, 1.82) is 0 Å². The fourth-order valence-corrected chi connectivity index (χ4v) is 2.19. The van der Waals surface area contributed by atoms with Crippen LogP contribution in [0.15, 0.2) is 30.5 Å². The molecule has 1 heterocycles. The minimum absolute atomic E-state index is 0.0311. The fourth-order valence-electron chi connectivity index (χ4n) is 1.71. The number of carbonyl (C=O) groups is 1. The van der Waals surface area contributed by atoms with E-state index in [4.69, 9.17) is 0 Å². The second kappa shape index (κ2) is 6.47. The number of hydrogen-bond acceptors (Lipinski definition) is 5. The normalized spacial score (nSPS) is 12.0. The molecule has 2 rings (SSSR count). The van der Waals surface area contributed by atoms with Crippen LogP contribution in [0.5, 0.6) is 0 Å². The number of aromatic nitrogens is 3. The number of rotatable bonds is 5. The quantitative estimate of drug-likeness (QED) is 0.833. The topological polar surface area (TPSA) is 106 Å². The molecule has 0 aliphatic heterocycles. The smallest absolute Gasteiger partial charge is 0.324 e. The van der Waals surface area contributed by atoms with E-state index in [2.05, 4.69) is 20.2 Å². The molecule has 0 saturated heterocycles. The van der Waals surface area contributed by atoms with Crippen LogP contribution in [0.25, 0.3) is 0 Å². The van der Waals surface area contributed by atoms with Gasteiger partial charge in [0.2, 0.25) is 15.9 Å². The number of alkyl halides is 3. The molecule has 0 fully saturated rings. The van der Waals surface area contributed by atoms with Crippen LogP contribution in [0.1, 0.15) is 5.56 Å². The molecule has 0 spiro atoms. The van der Waals surface area contributed by atoms with E-state index in [1.54, 1.807) is 0 Å². The first kappa shape index (κ1) is 17.7. The molecule has 0 radical (unpaired) electrons. The number of amides is 1. The van der Waals surface area contributed by atoms with E-state index in [0.717, 1.165) is 29.4 Å². The van der Waals surface area contributed by atoms with Crippen molar-refractivity contribution in [2.75, 3.05) is 16.3 Å². The predicted molar refractivity (Wildman–Crippen MR) is 78.6 cm³/mol. The number of carbonyl (C=O) groups excluding carboxylic acids is 1. The molecule has 0 unspecified atom stereocenters. The van der Waals surface area contributed by atoms with Crippen molar-refractivity contribution in [1.82, 2.24) is 15.0 Å². The Hall–Kier alpha value is -2.63. The highest BCUT2D eigenvalue weighted by atomic mass is 32.2. The molecule has 8 nitrogen and oxygen atoms in total. The lowest BCUT2D eigenvalue weighted by molar-refractivity contribution is -0.137. The van der Waals surface area contributed by atoms with Crippen LogP contribution in [0.4, 0.5) is 24.7 Å². The lowest BCUT2D eigenvalue weighted by Crippen LogP contribution is -2.21. The summed E-state index contributed by atoms with van der Waals surface area (Å²) in [4.78, 5) is 12.7. The molecular formula is C12H12F3N5O3S. The number of anilines is 2. The van der Waals surface area contributed by atoms with Gasteiger partial charge in [0.25, 0.3) is 0 Å². The van der Waals surface area contributed by atoms with Gasteiger partial charge >= 0.3 is 6.18 Å². The second-order valence-corrected chi connectivity index (χ2v) is 6.51. The number of nitrogens with zero attached hydrogens (tertiary/aromatic N) is 3. The Morgan fingerprint density at radius 2 is 2.04 bits per heavy atom. The van der Waals surface area contributed by atoms with Gasteiger partial charge in [-0.1, -0.05) is 6.07 Å². The van der Waals surface area contributed by atoms with Crippen molar-refractivity contribution in [3.8, 4) is 0 Å². The first-order valence-corrected chi connectivity index (χ1v) is 8.27. The van der Waals surface area contributed by atoms with Crippen molar-refractivity contribution in [3.05, 3.63) is 36.0 Å². The van der Waals surface area contributed by atoms with Crippen LogP contribution >= 0.6 is 0 Å².